The third-order valence-corrected chi connectivity index (χ3v) is 3.70. The van der Waals surface area contributed by atoms with E-state index < -0.39 is 0 Å². The lowest BCUT2D eigenvalue weighted by atomic mass is 10.1. The molecular weight excluding hydrogens is 248 g/mol. The summed E-state index contributed by atoms with van der Waals surface area (Å²) >= 11 is 0. The Balaban J connectivity index is 1.71. The number of hydrogen-bond acceptors (Lipinski definition) is 3. The van der Waals surface area contributed by atoms with Crippen LogP contribution in [0.5, 0.6) is 5.75 Å². The van der Waals surface area contributed by atoms with Crippen LogP contribution in [0.2, 0.25) is 0 Å². The third-order valence-electron chi connectivity index (χ3n) is 3.70. The van der Waals surface area contributed by atoms with Crippen molar-refractivity contribution in [1.29, 1.82) is 5.26 Å². The maximum absolute atomic E-state index is 8.88. The summed E-state index contributed by atoms with van der Waals surface area (Å²) < 4.78 is 5.80. The van der Waals surface area contributed by atoms with E-state index in [9.17, 15) is 0 Å². The maximum Gasteiger partial charge on any atom is 0.120 e. The first-order valence-corrected chi connectivity index (χ1v) is 6.76. The van der Waals surface area contributed by atoms with Gasteiger partial charge in [-0.25, -0.2) is 0 Å². The molecule has 1 atom stereocenters. The minimum atomic E-state index is 0.173. The summed E-state index contributed by atoms with van der Waals surface area (Å²) in [6.07, 6.45) is 2.04. The average molecular weight is 264 g/mol. The highest BCUT2D eigenvalue weighted by Crippen LogP contribution is 2.32. The van der Waals surface area contributed by atoms with Gasteiger partial charge < -0.3 is 10.5 Å². The van der Waals surface area contributed by atoms with Gasteiger partial charge >= 0.3 is 0 Å². The summed E-state index contributed by atoms with van der Waals surface area (Å²) in [5.74, 6) is 0.861. The van der Waals surface area contributed by atoms with E-state index in [-0.39, 0.29) is 6.04 Å². The number of nitrogens with zero attached hydrogens (tertiary/aromatic N) is 1. The Morgan fingerprint density at radius 3 is 3.00 bits per heavy atom. The Kier molecular flexibility index (Phi) is 3.41. The maximum atomic E-state index is 8.88. The Morgan fingerprint density at radius 2 is 2.15 bits per heavy atom. The van der Waals surface area contributed by atoms with Crippen LogP contribution in [0.25, 0.3) is 0 Å². The van der Waals surface area contributed by atoms with Crippen LogP contribution < -0.4 is 10.5 Å². The monoisotopic (exact) mass is 264 g/mol. The molecule has 1 aliphatic carbocycles. The topological polar surface area (TPSA) is 59.0 Å². The highest BCUT2D eigenvalue weighted by atomic mass is 16.5. The Bertz CT molecular complexity index is 673. The van der Waals surface area contributed by atoms with Crippen LogP contribution in [0, 0.1) is 11.3 Å². The van der Waals surface area contributed by atoms with Gasteiger partial charge in [0.05, 0.1) is 11.6 Å². The predicted octanol–water partition coefficient (Wildman–Crippen LogP) is 3.08. The van der Waals surface area contributed by atoms with Crippen LogP contribution >= 0.6 is 0 Å². The predicted molar refractivity (Wildman–Crippen MR) is 77.2 cm³/mol. The van der Waals surface area contributed by atoms with Crippen molar-refractivity contribution in [3.8, 4) is 11.8 Å². The van der Waals surface area contributed by atoms with Gasteiger partial charge in [-0.3, -0.25) is 0 Å². The van der Waals surface area contributed by atoms with Gasteiger partial charge in [-0.2, -0.15) is 5.26 Å². The van der Waals surface area contributed by atoms with Gasteiger partial charge in [0, 0.05) is 6.04 Å². The number of nitrogens with two attached hydrogens (primary N) is 1. The summed E-state index contributed by atoms with van der Waals surface area (Å²) in [4.78, 5) is 0. The van der Waals surface area contributed by atoms with Crippen molar-refractivity contribution in [2.45, 2.75) is 25.5 Å². The number of hydrogen-bond donors (Lipinski definition) is 1. The number of benzene rings is 2. The second-order valence-corrected chi connectivity index (χ2v) is 5.11. The Morgan fingerprint density at radius 1 is 1.25 bits per heavy atom. The summed E-state index contributed by atoms with van der Waals surface area (Å²) in [5, 5.41) is 8.88. The highest BCUT2D eigenvalue weighted by molar-refractivity contribution is 5.40. The fraction of sp³-hybridized carbons (Fsp3) is 0.235. The molecule has 3 rings (SSSR count). The molecule has 0 aromatic heterocycles. The smallest absolute Gasteiger partial charge is 0.120 e. The van der Waals surface area contributed by atoms with Crippen molar-refractivity contribution in [1.82, 2.24) is 0 Å². The quantitative estimate of drug-likeness (QED) is 0.926. The molecule has 0 amide bonds. The molecule has 3 heteroatoms. The zero-order valence-corrected chi connectivity index (χ0v) is 11.2. The first kappa shape index (κ1) is 12.7. The second-order valence-electron chi connectivity index (χ2n) is 5.11. The molecule has 0 spiro atoms. The lowest BCUT2D eigenvalue weighted by Crippen LogP contribution is -2.05. The zero-order chi connectivity index (χ0) is 13.9. The van der Waals surface area contributed by atoms with Crippen LogP contribution in [0.3, 0.4) is 0 Å². The van der Waals surface area contributed by atoms with Gasteiger partial charge in [0.25, 0.3) is 0 Å². The molecule has 0 radical (unpaired) electrons. The molecule has 0 bridgehead atoms. The van der Waals surface area contributed by atoms with Crippen LogP contribution in [0.15, 0.2) is 42.5 Å². The molecule has 0 heterocycles. The van der Waals surface area contributed by atoms with E-state index >= 15 is 0 Å². The number of ether oxygens (including phenoxy) is 1. The minimum Gasteiger partial charge on any atom is -0.489 e. The zero-order valence-electron chi connectivity index (χ0n) is 11.2. The second kappa shape index (κ2) is 5.36. The first-order valence-electron chi connectivity index (χ1n) is 6.76. The van der Waals surface area contributed by atoms with Gasteiger partial charge in [-0.05, 0) is 53.8 Å². The van der Waals surface area contributed by atoms with Crippen molar-refractivity contribution in [3.63, 3.8) is 0 Å². The minimum absolute atomic E-state index is 0.173. The van der Waals surface area contributed by atoms with Crippen LogP contribution in [0.1, 0.15) is 34.7 Å². The summed E-state index contributed by atoms with van der Waals surface area (Å²) in [5.41, 5.74) is 10.2. The standard InChI is InChI=1S/C17H16N2O/c18-10-12-2-1-3-13(8-12)11-20-15-5-6-16-14(9-15)4-7-17(16)19/h1-3,5-6,8-9,17H,4,7,11,19H2/t17-/m1/s1. The van der Waals surface area contributed by atoms with E-state index in [0.717, 1.165) is 24.2 Å². The van der Waals surface area contributed by atoms with Crippen LogP contribution in [-0.4, -0.2) is 0 Å². The van der Waals surface area contributed by atoms with E-state index in [1.807, 2.05) is 24.3 Å². The molecule has 2 aromatic carbocycles. The average Bonchev–Trinajstić information content (AvgIpc) is 2.86. The van der Waals surface area contributed by atoms with Crippen LogP contribution in [-0.2, 0) is 13.0 Å². The van der Waals surface area contributed by atoms with Crippen LogP contribution in [0.4, 0.5) is 0 Å². The molecule has 0 saturated heterocycles. The number of nitriles is 1. The molecule has 100 valence electrons. The van der Waals surface area contributed by atoms with E-state index in [1.165, 1.54) is 11.1 Å². The summed E-state index contributed by atoms with van der Waals surface area (Å²) in [6.45, 7) is 0.473. The highest BCUT2D eigenvalue weighted by Gasteiger charge is 2.18. The summed E-state index contributed by atoms with van der Waals surface area (Å²) in [7, 11) is 0. The van der Waals surface area contributed by atoms with Gasteiger partial charge in [0.1, 0.15) is 12.4 Å². The number of fused-ring (bicyclic) bond motifs is 1. The number of rotatable bonds is 3. The van der Waals surface area contributed by atoms with Crippen molar-refractivity contribution >= 4 is 0 Å². The van der Waals surface area contributed by atoms with E-state index in [4.69, 9.17) is 15.7 Å². The molecule has 0 fully saturated rings. The number of aryl methyl sites for hydroxylation is 1. The van der Waals surface area contributed by atoms with E-state index in [0.29, 0.717) is 12.2 Å². The van der Waals surface area contributed by atoms with Gasteiger partial charge in [0.2, 0.25) is 0 Å². The SMILES string of the molecule is N#Cc1cccc(COc2ccc3c(c2)CC[C@H]3N)c1. The molecule has 1 aliphatic rings. The molecule has 2 N–H and O–H groups in total. The van der Waals surface area contributed by atoms with Crippen molar-refractivity contribution in [2.75, 3.05) is 0 Å². The molecule has 20 heavy (non-hydrogen) atoms. The third kappa shape index (κ3) is 2.52. The lowest BCUT2D eigenvalue weighted by molar-refractivity contribution is 0.306. The van der Waals surface area contributed by atoms with Crippen molar-refractivity contribution in [3.05, 3.63) is 64.7 Å². The molecule has 2 aromatic rings. The molecule has 3 nitrogen and oxygen atoms in total. The molecule has 0 unspecified atom stereocenters. The molecule has 0 aliphatic heterocycles. The molecule has 0 saturated carbocycles. The first-order chi connectivity index (χ1) is 9.76. The lowest BCUT2D eigenvalue weighted by Gasteiger charge is -2.09. The normalized spacial score (nSPS) is 16.5. The Labute approximate surface area is 118 Å². The fourth-order valence-corrected chi connectivity index (χ4v) is 2.61. The van der Waals surface area contributed by atoms with Gasteiger partial charge in [-0.15, -0.1) is 0 Å². The fourth-order valence-electron chi connectivity index (χ4n) is 2.61. The van der Waals surface area contributed by atoms with Crippen molar-refractivity contribution in [2.24, 2.45) is 5.73 Å². The molecular formula is C17H16N2O. The van der Waals surface area contributed by atoms with Gasteiger partial charge in [0.15, 0.2) is 0 Å². The van der Waals surface area contributed by atoms with E-state index in [2.05, 4.69) is 18.2 Å². The summed E-state index contributed by atoms with van der Waals surface area (Å²) in [6, 6.07) is 15.9. The largest absolute Gasteiger partial charge is 0.489 e. The van der Waals surface area contributed by atoms with Crippen molar-refractivity contribution < 1.29 is 4.74 Å². The van der Waals surface area contributed by atoms with Gasteiger partial charge in [-0.1, -0.05) is 18.2 Å². The Hall–Kier alpha value is -2.31. The van der Waals surface area contributed by atoms with E-state index in [1.54, 1.807) is 6.07 Å².